The summed E-state index contributed by atoms with van der Waals surface area (Å²) in [5.41, 5.74) is -0.140. The van der Waals surface area contributed by atoms with E-state index in [1.165, 1.54) is 0 Å². The monoisotopic (exact) mass is 474 g/mol. The van der Waals surface area contributed by atoms with Crippen molar-refractivity contribution in [1.82, 2.24) is 0 Å². The van der Waals surface area contributed by atoms with Crippen LogP contribution in [0.4, 0.5) is 0 Å². The molecule has 0 amide bonds. The Bertz CT molecular complexity index is 616. The lowest BCUT2D eigenvalue weighted by atomic mass is 9.97. The molecule has 4 unspecified atom stereocenters. The molecule has 4 aliphatic rings. The average Bonchev–Trinajstić information content (AvgIpc) is 3.18. The molecule has 0 aromatic heterocycles. The van der Waals surface area contributed by atoms with Gasteiger partial charge in [0, 0.05) is 10.8 Å². The van der Waals surface area contributed by atoms with Gasteiger partial charge in [0.15, 0.2) is 0 Å². The predicted octanol–water partition coefficient (Wildman–Crippen LogP) is 3.15. The van der Waals surface area contributed by atoms with Crippen molar-refractivity contribution in [2.75, 3.05) is 39.6 Å². The molecule has 4 aliphatic heterocycles. The maximum absolute atomic E-state index is 6.03. The molecule has 0 radical (unpaired) electrons. The molecule has 4 atom stereocenters. The van der Waals surface area contributed by atoms with Crippen molar-refractivity contribution < 1.29 is 36.6 Å². The van der Waals surface area contributed by atoms with Crippen LogP contribution < -0.4 is 0 Å². The minimum atomic E-state index is -2.80. The fourth-order valence-corrected chi connectivity index (χ4v) is 7.98. The molecule has 4 rings (SSSR count). The summed E-state index contributed by atoms with van der Waals surface area (Å²) in [6.45, 7) is 5.33. The molecule has 4 fully saturated rings. The summed E-state index contributed by atoms with van der Waals surface area (Å²) in [5.74, 6) is 0. The van der Waals surface area contributed by atoms with Crippen molar-refractivity contribution in [3.8, 4) is 0 Å². The fourth-order valence-electron chi connectivity index (χ4n) is 3.24. The van der Waals surface area contributed by atoms with Gasteiger partial charge in [-0.05, 0) is 23.6 Å². The van der Waals surface area contributed by atoms with Crippen molar-refractivity contribution in [3.63, 3.8) is 0 Å². The zero-order chi connectivity index (χ0) is 20.2. The van der Waals surface area contributed by atoms with Crippen molar-refractivity contribution in [3.05, 3.63) is 0 Å². The third kappa shape index (κ3) is 4.90. The Morgan fingerprint density at radius 2 is 1.00 bits per heavy atom. The molecular formula is C16H28O8P2S2. The van der Waals surface area contributed by atoms with E-state index in [9.17, 15) is 0 Å². The molecule has 0 aliphatic carbocycles. The van der Waals surface area contributed by atoms with Gasteiger partial charge in [-0.15, -0.1) is 0 Å². The molecule has 0 aromatic carbocycles. The van der Waals surface area contributed by atoms with Gasteiger partial charge in [-0.3, -0.25) is 0 Å². The lowest BCUT2D eigenvalue weighted by Crippen LogP contribution is -2.36. The van der Waals surface area contributed by atoms with Crippen LogP contribution in [0.1, 0.15) is 27.7 Å². The minimum Gasteiger partial charge on any atom is -0.370 e. The molecule has 4 saturated heterocycles. The number of ether oxygens (including phenoxy) is 2. The van der Waals surface area contributed by atoms with Crippen LogP contribution in [0, 0.1) is 10.8 Å². The highest BCUT2D eigenvalue weighted by molar-refractivity contribution is 8.07. The van der Waals surface area contributed by atoms with E-state index in [0.29, 0.717) is 39.6 Å². The van der Waals surface area contributed by atoms with Crippen molar-refractivity contribution in [1.29, 1.82) is 0 Å². The van der Waals surface area contributed by atoms with E-state index in [-0.39, 0.29) is 35.2 Å². The third-order valence-corrected chi connectivity index (χ3v) is 9.57. The quantitative estimate of drug-likeness (QED) is 0.568. The highest BCUT2D eigenvalue weighted by atomic mass is 32.5. The SMILES string of the molecule is CC1(C)COP(=S)(OC2COC3C(OP4(=S)OCC(C)(C)CO4)COC23)OC1. The van der Waals surface area contributed by atoms with Crippen LogP contribution in [-0.2, 0) is 60.2 Å². The topological polar surface area (TPSA) is 73.8 Å². The molecule has 4 heterocycles. The predicted molar refractivity (Wildman–Crippen MR) is 109 cm³/mol. The summed E-state index contributed by atoms with van der Waals surface area (Å²) in [7, 11) is 0. The third-order valence-electron chi connectivity index (χ3n) is 4.95. The summed E-state index contributed by atoms with van der Waals surface area (Å²) < 4.78 is 46.9. The first-order chi connectivity index (χ1) is 13.0. The summed E-state index contributed by atoms with van der Waals surface area (Å²) in [5, 5.41) is 0. The number of hydrogen-bond acceptors (Lipinski definition) is 10. The Morgan fingerprint density at radius 1 is 0.679 bits per heavy atom. The van der Waals surface area contributed by atoms with Crippen molar-refractivity contribution >= 4 is 37.1 Å². The van der Waals surface area contributed by atoms with E-state index in [2.05, 4.69) is 27.7 Å². The van der Waals surface area contributed by atoms with Gasteiger partial charge in [-0.2, -0.15) is 0 Å². The van der Waals surface area contributed by atoms with Gasteiger partial charge in [0.2, 0.25) is 0 Å². The molecule has 162 valence electrons. The maximum Gasteiger partial charge on any atom is 0.327 e. The highest BCUT2D eigenvalue weighted by Gasteiger charge is 2.53. The molecule has 0 aromatic rings. The first-order valence-corrected chi connectivity index (χ1v) is 14.5. The first-order valence-electron chi connectivity index (χ1n) is 9.37. The summed E-state index contributed by atoms with van der Waals surface area (Å²) in [6, 6.07) is 0. The van der Waals surface area contributed by atoms with Gasteiger partial charge in [0.05, 0.1) is 39.6 Å². The Morgan fingerprint density at radius 3 is 1.32 bits per heavy atom. The minimum absolute atomic E-state index is 0.0702. The van der Waals surface area contributed by atoms with E-state index < -0.39 is 13.4 Å². The van der Waals surface area contributed by atoms with E-state index in [0.717, 1.165) is 0 Å². The molecule has 8 nitrogen and oxygen atoms in total. The largest absolute Gasteiger partial charge is 0.370 e. The Balaban J connectivity index is 1.34. The van der Waals surface area contributed by atoms with Gasteiger partial charge in [0.1, 0.15) is 24.4 Å². The Labute approximate surface area is 176 Å². The number of rotatable bonds is 4. The fraction of sp³-hybridized carbons (Fsp3) is 1.00. The summed E-state index contributed by atoms with van der Waals surface area (Å²) in [4.78, 5) is 0. The second kappa shape index (κ2) is 7.84. The smallest absolute Gasteiger partial charge is 0.327 e. The van der Waals surface area contributed by atoms with E-state index >= 15 is 0 Å². The summed E-state index contributed by atoms with van der Waals surface area (Å²) >= 11 is 11.0. The van der Waals surface area contributed by atoms with Gasteiger partial charge in [0.25, 0.3) is 0 Å². The first kappa shape index (κ1) is 22.2. The van der Waals surface area contributed by atoms with Crippen LogP contribution in [0.2, 0.25) is 0 Å². The maximum atomic E-state index is 6.03. The van der Waals surface area contributed by atoms with E-state index in [4.69, 9.17) is 60.2 Å². The normalized spacial score (nSPS) is 40.9. The highest BCUT2D eigenvalue weighted by Crippen LogP contribution is 2.59. The summed E-state index contributed by atoms with van der Waals surface area (Å²) in [6.07, 6.45) is -1.35. The van der Waals surface area contributed by atoms with Crippen LogP contribution in [-0.4, -0.2) is 64.1 Å². The molecule has 12 heteroatoms. The molecular weight excluding hydrogens is 446 g/mol. The molecule has 0 N–H and O–H groups in total. The van der Waals surface area contributed by atoms with Crippen LogP contribution >= 0.6 is 13.4 Å². The van der Waals surface area contributed by atoms with Crippen LogP contribution in [0.15, 0.2) is 0 Å². The standard InChI is InChI=1S/C16H28O8P2S2/c1-15(2)7-19-25(27,20-8-15)23-11-5-17-14-12(6-18-13(11)14)24-26(28)21-9-16(3,4)10-22-26/h11-14H,5-10H2,1-4H3. The average molecular weight is 474 g/mol. The number of fused-ring (bicyclic) bond motifs is 1. The van der Waals surface area contributed by atoms with E-state index in [1.54, 1.807) is 0 Å². The molecule has 28 heavy (non-hydrogen) atoms. The zero-order valence-corrected chi connectivity index (χ0v) is 20.0. The van der Waals surface area contributed by atoms with Crippen LogP contribution in [0.25, 0.3) is 0 Å². The van der Waals surface area contributed by atoms with Gasteiger partial charge >= 0.3 is 13.4 Å². The Kier molecular flexibility index (Phi) is 6.21. The van der Waals surface area contributed by atoms with Crippen molar-refractivity contribution in [2.24, 2.45) is 10.8 Å². The van der Waals surface area contributed by atoms with Crippen molar-refractivity contribution in [2.45, 2.75) is 52.1 Å². The van der Waals surface area contributed by atoms with Gasteiger partial charge < -0.3 is 36.6 Å². The zero-order valence-electron chi connectivity index (χ0n) is 16.5. The molecule has 0 bridgehead atoms. The molecule has 0 spiro atoms. The van der Waals surface area contributed by atoms with Crippen LogP contribution in [0.3, 0.4) is 0 Å². The second-order valence-electron chi connectivity index (χ2n) is 9.20. The second-order valence-corrected chi connectivity index (χ2v) is 15.1. The number of hydrogen-bond donors (Lipinski definition) is 0. The lowest BCUT2D eigenvalue weighted by Gasteiger charge is -2.37. The van der Waals surface area contributed by atoms with Gasteiger partial charge in [-0.1, -0.05) is 27.7 Å². The van der Waals surface area contributed by atoms with Crippen LogP contribution in [0.5, 0.6) is 0 Å². The lowest BCUT2D eigenvalue weighted by molar-refractivity contribution is -0.0279. The Hall–Kier alpha value is 0.980. The van der Waals surface area contributed by atoms with Gasteiger partial charge in [-0.25, -0.2) is 0 Å². The molecule has 0 saturated carbocycles. The van der Waals surface area contributed by atoms with E-state index in [1.807, 2.05) is 0 Å².